The van der Waals surface area contributed by atoms with Crippen molar-refractivity contribution in [1.82, 2.24) is 15.5 Å². The van der Waals surface area contributed by atoms with Crippen molar-refractivity contribution in [2.75, 3.05) is 7.05 Å². The zero-order valence-electron chi connectivity index (χ0n) is 12.3. The maximum absolute atomic E-state index is 5.54. The third kappa shape index (κ3) is 3.37. The molecule has 3 rings (SSSR count). The van der Waals surface area contributed by atoms with Crippen LogP contribution in [0.1, 0.15) is 69.0 Å². The first-order valence-electron chi connectivity index (χ1n) is 7.98. The van der Waals surface area contributed by atoms with Crippen molar-refractivity contribution in [2.45, 2.75) is 74.3 Å². The van der Waals surface area contributed by atoms with Crippen LogP contribution in [0, 0.1) is 0 Å². The quantitative estimate of drug-likeness (QED) is 0.901. The van der Waals surface area contributed by atoms with Crippen LogP contribution in [0.15, 0.2) is 4.52 Å². The fraction of sp³-hybridized carbons (Fsp3) is 0.867. The molecule has 5 heteroatoms. The van der Waals surface area contributed by atoms with Gasteiger partial charge in [-0.3, -0.25) is 0 Å². The summed E-state index contributed by atoms with van der Waals surface area (Å²) in [5.74, 6) is 3.06. The molecule has 0 aliphatic heterocycles. The molecule has 2 saturated carbocycles. The van der Waals surface area contributed by atoms with E-state index in [-0.39, 0.29) is 0 Å². The molecule has 112 valence electrons. The van der Waals surface area contributed by atoms with Gasteiger partial charge < -0.3 is 9.84 Å². The minimum Gasteiger partial charge on any atom is -0.339 e. The molecule has 1 heterocycles. The normalized spacial score (nSPS) is 28.1. The Hall–Kier alpha value is -0.550. The van der Waals surface area contributed by atoms with Gasteiger partial charge in [-0.05, 0) is 32.7 Å². The van der Waals surface area contributed by atoms with E-state index in [1.165, 1.54) is 51.4 Å². The van der Waals surface area contributed by atoms with Gasteiger partial charge in [-0.1, -0.05) is 30.8 Å². The van der Waals surface area contributed by atoms with Crippen LogP contribution in [-0.4, -0.2) is 28.5 Å². The minimum absolute atomic E-state index is 0.409. The van der Waals surface area contributed by atoms with E-state index in [9.17, 15) is 0 Å². The molecule has 2 aliphatic rings. The van der Waals surface area contributed by atoms with E-state index in [2.05, 4.69) is 15.5 Å². The number of nitrogens with one attached hydrogen (secondary N) is 1. The summed E-state index contributed by atoms with van der Waals surface area (Å²) in [6, 6.07) is 0.500. The summed E-state index contributed by atoms with van der Waals surface area (Å²) >= 11 is 2.00. The molecule has 0 bridgehead atoms. The summed E-state index contributed by atoms with van der Waals surface area (Å²) in [6.45, 7) is 0. The van der Waals surface area contributed by atoms with Crippen LogP contribution in [0.2, 0.25) is 0 Å². The Bertz CT molecular complexity index is 417. The van der Waals surface area contributed by atoms with Gasteiger partial charge in [0.1, 0.15) is 0 Å². The molecule has 4 nitrogen and oxygen atoms in total. The van der Waals surface area contributed by atoms with Crippen LogP contribution in [0.25, 0.3) is 0 Å². The molecule has 2 unspecified atom stereocenters. The second kappa shape index (κ2) is 6.94. The lowest BCUT2D eigenvalue weighted by Crippen LogP contribution is -2.34. The number of hydrogen-bond acceptors (Lipinski definition) is 5. The van der Waals surface area contributed by atoms with Crippen LogP contribution in [0.3, 0.4) is 0 Å². The molecule has 0 aromatic carbocycles. The summed E-state index contributed by atoms with van der Waals surface area (Å²) < 4.78 is 5.54. The zero-order valence-corrected chi connectivity index (χ0v) is 13.1. The maximum atomic E-state index is 5.54. The molecular formula is C15H25N3OS. The summed E-state index contributed by atoms with van der Waals surface area (Å²) in [5.41, 5.74) is 0. The number of hydrogen-bond donors (Lipinski definition) is 1. The van der Waals surface area contributed by atoms with E-state index in [0.717, 1.165) is 22.7 Å². The number of likely N-dealkylation sites (N-methyl/N-ethyl adjacent to an activating group) is 1. The first-order valence-corrected chi connectivity index (χ1v) is 9.03. The SMILES string of the molecule is CNC1CCCCC1c1nc(CSC2CCCC2)no1. The number of rotatable bonds is 5. The Morgan fingerprint density at radius 3 is 2.70 bits per heavy atom. The van der Waals surface area contributed by atoms with Crippen molar-refractivity contribution >= 4 is 11.8 Å². The standard InChI is InChI=1S/C15H25N3OS/c1-16-13-9-5-4-8-12(13)15-17-14(18-19-15)10-20-11-6-2-3-7-11/h11-13,16H,2-10H2,1H3. The Labute approximate surface area is 125 Å². The van der Waals surface area contributed by atoms with Crippen molar-refractivity contribution in [1.29, 1.82) is 0 Å². The number of aromatic nitrogens is 2. The van der Waals surface area contributed by atoms with Gasteiger partial charge in [0.05, 0.1) is 11.7 Å². The smallest absolute Gasteiger partial charge is 0.231 e. The van der Waals surface area contributed by atoms with Gasteiger partial charge in [-0.2, -0.15) is 16.7 Å². The highest BCUT2D eigenvalue weighted by molar-refractivity contribution is 7.99. The highest BCUT2D eigenvalue weighted by atomic mass is 32.2. The van der Waals surface area contributed by atoms with Gasteiger partial charge in [-0.15, -0.1) is 0 Å². The van der Waals surface area contributed by atoms with Gasteiger partial charge in [-0.25, -0.2) is 0 Å². The number of thioether (sulfide) groups is 1. The van der Waals surface area contributed by atoms with Crippen LogP contribution in [-0.2, 0) is 5.75 Å². The first-order chi connectivity index (χ1) is 9.86. The fourth-order valence-electron chi connectivity index (χ4n) is 3.50. The Balaban J connectivity index is 1.57. The van der Waals surface area contributed by atoms with Gasteiger partial charge in [0.25, 0.3) is 0 Å². The summed E-state index contributed by atoms with van der Waals surface area (Å²) in [4.78, 5) is 4.65. The van der Waals surface area contributed by atoms with E-state index in [1.807, 2.05) is 18.8 Å². The first kappa shape index (κ1) is 14.4. The predicted octanol–water partition coefficient (Wildman–Crippen LogP) is 3.49. The van der Waals surface area contributed by atoms with E-state index >= 15 is 0 Å². The van der Waals surface area contributed by atoms with E-state index in [1.54, 1.807) is 0 Å². The number of nitrogens with zero attached hydrogens (tertiary/aromatic N) is 2. The molecule has 0 amide bonds. The Kier molecular flexibility index (Phi) is 4.99. The van der Waals surface area contributed by atoms with Crippen molar-refractivity contribution in [2.24, 2.45) is 0 Å². The Morgan fingerprint density at radius 2 is 1.90 bits per heavy atom. The van der Waals surface area contributed by atoms with Gasteiger partial charge in [0, 0.05) is 11.3 Å². The lowest BCUT2D eigenvalue weighted by Gasteiger charge is -2.28. The van der Waals surface area contributed by atoms with Gasteiger partial charge in [0.2, 0.25) is 5.89 Å². The summed E-state index contributed by atoms with van der Waals surface area (Å²) in [6.07, 6.45) is 10.5. The molecule has 2 atom stereocenters. The van der Waals surface area contributed by atoms with Gasteiger partial charge >= 0.3 is 0 Å². The molecule has 0 spiro atoms. The molecule has 2 fully saturated rings. The van der Waals surface area contributed by atoms with Crippen molar-refractivity contribution in [3.63, 3.8) is 0 Å². The molecule has 1 N–H and O–H groups in total. The molecule has 1 aromatic rings. The second-order valence-corrected chi connectivity index (χ2v) is 7.34. The van der Waals surface area contributed by atoms with Crippen LogP contribution < -0.4 is 5.32 Å². The van der Waals surface area contributed by atoms with Crippen LogP contribution in [0.4, 0.5) is 0 Å². The van der Waals surface area contributed by atoms with Crippen molar-refractivity contribution in [3.8, 4) is 0 Å². The van der Waals surface area contributed by atoms with Crippen molar-refractivity contribution < 1.29 is 4.52 Å². The van der Waals surface area contributed by atoms with Gasteiger partial charge in [0.15, 0.2) is 5.82 Å². The average Bonchev–Trinajstić information content (AvgIpc) is 3.16. The van der Waals surface area contributed by atoms with E-state index in [0.29, 0.717) is 12.0 Å². The minimum atomic E-state index is 0.409. The van der Waals surface area contributed by atoms with E-state index in [4.69, 9.17) is 4.52 Å². The lowest BCUT2D eigenvalue weighted by molar-refractivity contribution is 0.270. The third-order valence-corrected chi connectivity index (χ3v) is 6.06. The zero-order chi connectivity index (χ0) is 13.8. The highest BCUT2D eigenvalue weighted by Crippen LogP contribution is 2.34. The van der Waals surface area contributed by atoms with Crippen LogP contribution >= 0.6 is 11.8 Å². The molecular weight excluding hydrogens is 270 g/mol. The predicted molar refractivity (Wildman–Crippen MR) is 81.9 cm³/mol. The monoisotopic (exact) mass is 295 g/mol. The highest BCUT2D eigenvalue weighted by Gasteiger charge is 2.30. The summed E-state index contributed by atoms with van der Waals surface area (Å²) in [7, 11) is 2.04. The van der Waals surface area contributed by atoms with E-state index < -0.39 is 0 Å². The average molecular weight is 295 g/mol. The largest absolute Gasteiger partial charge is 0.339 e. The Morgan fingerprint density at radius 1 is 1.15 bits per heavy atom. The molecule has 20 heavy (non-hydrogen) atoms. The molecule has 0 radical (unpaired) electrons. The fourth-order valence-corrected chi connectivity index (χ4v) is 4.66. The summed E-state index contributed by atoms with van der Waals surface area (Å²) in [5, 5.41) is 8.41. The lowest BCUT2D eigenvalue weighted by atomic mass is 9.84. The molecule has 1 aromatic heterocycles. The van der Waals surface area contributed by atoms with Crippen molar-refractivity contribution in [3.05, 3.63) is 11.7 Å². The molecule has 2 aliphatic carbocycles. The maximum Gasteiger partial charge on any atom is 0.231 e. The third-order valence-electron chi connectivity index (χ3n) is 4.69. The van der Waals surface area contributed by atoms with Crippen LogP contribution in [0.5, 0.6) is 0 Å². The topological polar surface area (TPSA) is 51.0 Å². The molecule has 0 saturated heterocycles. The second-order valence-electron chi connectivity index (χ2n) is 6.05.